The number of likely N-dealkylation sites (N-methyl/N-ethyl adjacent to an activating group) is 1. The number of nitrogens with two attached hydrogens (primary N) is 1. The molecule has 0 radical (unpaired) electrons. The Balaban J connectivity index is 1.97. The van der Waals surface area contributed by atoms with Crippen LogP contribution in [0.25, 0.3) is 0 Å². The standard InChI is InChI=1S/C12H18N2O2S/c1-14-5-6-16-11(8-14)9-17(15)12-4-2-3-10(13)7-12/h2-4,7,11H,5-6,8-9,13H2,1H3. The van der Waals surface area contributed by atoms with Crippen LogP contribution in [0.2, 0.25) is 0 Å². The van der Waals surface area contributed by atoms with Gasteiger partial charge in [0, 0.05) is 23.7 Å². The molecule has 4 nitrogen and oxygen atoms in total. The average molecular weight is 254 g/mol. The number of hydrogen-bond donors (Lipinski definition) is 1. The zero-order chi connectivity index (χ0) is 12.3. The summed E-state index contributed by atoms with van der Waals surface area (Å²) in [5, 5.41) is 0. The summed E-state index contributed by atoms with van der Waals surface area (Å²) in [5.74, 6) is 0.536. The van der Waals surface area contributed by atoms with Gasteiger partial charge in [0.2, 0.25) is 0 Å². The Labute approximate surface area is 104 Å². The molecular weight excluding hydrogens is 236 g/mol. The van der Waals surface area contributed by atoms with Gasteiger partial charge in [0.15, 0.2) is 0 Å². The van der Waals surface area contributed by atoms with Gasteiger partial charge in [0.25, 0.3) is 0 Å². The van der Waals surface area contributed by atoms with E-state index in [9.17, 15) is 4.21 Å². The van der Waals surface area contributed by atoms with Crippen molar-refractivity contribution in [3.05, 3.63) is 24.3 Å². The van der Waals surface area contributed by atoms with E-state index in [-0.39, 0.29) is 6.10 Å². The molecule has 1 heterocycles. The van der Waals surface area contributed by atoms with Crippen molar-refractivity contribution in [1.29, 1.82) is 0 Å². The number of anilines is 1. The lowest BCUT2D eigenvalue weighted by Gasteiger charge is -2.29. The number of nitrogen functional groups attached to an aromatic ring is 1. The van der Waals surface area contributed by atoms with Crippen LogP contribution in [0.5, 0.6) is 0 Å². The van der Waals surface area contributed by atoms with Crippen LogP contribution < -0.4 is 5.73 Å². The molecule has 1 fully saturated rings. The first-order valence-corrected chi connectivity index (χ1v) is 7.01. The molecule has 2 unspecified atom stereocenters. The van der Waals surface area contributed by atoms with E-state index in [0.717, 1.165) is 24.6 Å². The van der Waals surface area contributed by atoms with Crippen molar-refractivity contribution in [3.8, 4) is 0 Å². The largest absolute Gasteiger partial charge is 0.399 e. The first-order valence-electron chi connectivity index (χ1n) is 5.69. The van der Waals surface area contributed by atoms with Gasteiger partial charge in [-0.05, 0) is 25.2 Å². The average Bonchev–Trinajstić information content (AvgIpc) is 2.29. The molecule has 94 valence electrons. The van der Waals surface area contributed by atoms with Crippen molar-refractivity contribution >= 4 is 16.5 Å². The Bertz CT molecular complexity index is 411. The topological polar surface area (TPSA) is 55.6 Å². The van der Waals surface area contributed by atoms with Crippen LogP contribution in [-0.2, 0) is 15.5 Å². The third-order valence-corrected chi connectivity index (χ3v) is 4.25. The fourth-order valence-electron chi connectivity index (χ4n) is 1.89. The quantitative estimate of drug-likeness (QED) is 0.807. The molecule has 1 aliphatic heterocycles. The molecule has 1 aliphatic rings. The van der Waals surface area contributed by atoms with Gasteiger partial charge in [-0.2, -0.15) is 0 Å². The molecule has 2 N–H and O–H groups in total. The molecule has 2 atom stereocenters. The molecule has 0 amide bonds. The van der Waals surface area contributed by atoms with Crippen LogP contribution in [0.15, 0.2) is 29.2 Å². The molecule has 0 spiro atoms. The molecule has 0 saturated carbocycles. The number of hydrogen-bond acceptors (Lipinski definition) is 4. The highest BCUT2D eigenvalue weighted by Gasteiger charge is 2.20. The number of benzene rings is 1. The summed E-state index contributed by atoms with van der Waals surface area (Å²) in [6.45, 7) is 2.50. The first-order chi connectivity index (χ1) is 8.15. The molecular formula is C12H18N2O2S. The monoisotopic (exact) mass is 254 g/mol. The molecule has 1 aromatic rings. The third kappa shape index (κ3) is 3.52. The number of ether oxygens (including phenoxy) is 1. The van der Waals surface area contributed by atoms with E-state index in [0.29, 0.717) is 11.4 Å². The molecule has 5 heteroatoms. The van der Waals surface area contributed by atoms with E-state index >= 15 is 0 Å². The molecule has 1 aromatic carbocycles. The van der Waals surface area contributed by atoms with E-state index in [1.54, 1.807) is 12.1 Å². The van der Waals surface area contributed by atoms with E-state index < -0.39 is 10.8 Å². The lowest BCUT2D eigenvalue weighted by atomic mass is 10.3. The van der Waals surface area contributed by atoms with Gasteiger partial charge in [-0.25, -0.2) is 0 Å². The fraction of sp³-hybridized carbons (Fsp3) is 0.500. The summed E-state index contributed by atoms with van der Waals surface area (Å²) >= 11 is 0. The summed E-state index contributed by atoms with van der Waals surface area (Å²) in [5.41, 5.74) is 6.33. The second-order valence-electron chi connectivity index (χ2n) is 4.34. The van der Waals surface area contributed by atoms with Crippen LogP contribution in [0.3, 0.4) is 0 Å². The number of nitrogens with zero attached hydrogens (tertiary/aromatic N) is 1. The highest BCUT2D eigenvalue weighted by molar-refractivity contribution is 7.85. The Morgan fingerprint density at radius 3 is 3.12 bits per heavy atom. The number of morpholine rings is 1. The van der Waals surface area contributed by atoms with E-state index in [4.69, 9.17) is 10.5 Å². The summed E-state index contributed by atoms with van der Waals surface area (Å²) in [7, 11) is 1.02. The van der Waals surface area contributed by atoms with Crippen LogP contribution in [-0.4, -0.2) is 47.7 Å². The maximum atomic E-state index is 12.1. The first kappa shape index (κ1) is 12.5. The van der Waals surface area contributed by atoms with Gasteiger partial charge in [0.1, 0.15) is 0 Å². The summed E-state index contributed by atoms with van der Waals surface area (Å²) in [6, 6.07) is 7.24. The van der Waals surface area contributed by atoms with Gasteiger partial charge in [0.05, 0.1) is 29.3 Å². The minimum atomic E-state index is -1.04. The zero-order valence-corrected chi connectivity index (χ0v) is 10.8. The SMILES string of the molecule is CN1CCOC(CS(=O)c2cccc(N)c2)C1. The molecule has 1 saturated heterocycles. The Morgan fingerprint density at radius 2 is 2.41 bits per heavy atom. The fourth-order valence-corrected chi connectivity index (χ4v) is 3.12. The zero-order valence-electron chi connectivity index (χ0n) is 9.96. The van der Waals surface area contributed by atoms with Crippen LogP contribution in [0.4, 0.5) is 5.69 Å². The van der Waals surface area contributed by atoms with Crippen molar-refractivity contribution in [2.45, 2.75) is 11.0 Å². The van der Waals surface area contributed by atoms with Crippen LogP contribution >= 0.6 is 0 Å². The number of rotatable bonds is 3. The Kier molecular flexibility index (Phi) is 4.15. The normalized spacial score (nSPS) is 23.5. The molecule has 17 heavy (non-hydrogen) atoms. The van der Waals surface area contributed by atoms with Gasteiger partial charge < -0.3 is 15.4 Å². The van der Waals surface area contributed by atoms with Crippen molar-refractivity contribution in [1.82, 2.24) is 4.90 Å². The van der Waals surface area contributed by atoms with E-state index in [2.05, 4.69) is 11.9 Å². The Hall–Kier alpha value is -0.910. The van der Waals surface area contributed by atoms with Gasteiger partial charge >= 0.3 is 0 Å². The summed E-state index contributed by atoms with van der Waals surface area (Å²) in [6.07, 6.45) is 0.0519. The molecule has 0 aromatic heterocycles. The molecule has 0 aliphatic carbocycles. The minimum Gasteiger partial charge on any atom is -0.399 e. The second-order valence-corrected chi connectivity index (χ2v) is 5.84. The van der Waals surface area contributed by atoms with Gasteiger partial charge in [-0.1, -0.05) is 6.07 Å². The maximum Gasteiger partial charge on any atom is 0.0821 e. The van der Waals surface area contributed by atoms with E-state index in [1.807, 2.05) is 12.1 Å². The highest BCUT2D eigenvalue weighted by Crippen LogP contribution is 2.14. The maximum absolute atomic E-state index is 12.1. The van der Waals surface area contributed by atoms with Crippen LogP contribution in [0, 0.1) is 0 Å². The predicted octanol–water partition coefficient (Wildman–Crippen LogP) is 0.707. The van der Waals surface area contributed by atoms with Gasteiger partial charge in [-0.15, -0.1) is 0 Å². The Morgan fingerprint density at radius 1 is 1.59 bits per heavy atom. The van der Waals surface area contributed by atoms with Crippen molar-refractivity contribution in [2.75, 3.05) is 38.2 Å². The lowest BCUT2D eigenvalue weighted by molar-refractivity contribution is -0.00640. The lowest BCUT2D eigenvalue weighted by Crippen LogP contribution is -2.42. The highest BCUT2D eigenvalue weighted by atomic mass is 32.2. The van der Waals surface area contributed by atoms with E-state index in [1.165, 1.54) is 0 Å². The summed E-state index contributed by atoms with van der Waals surface area (Å²) < 4.78 is 17.7. The second kappa shape index (κ2) is 5.62. The van der Waals surface area contributed by atoms with Crippen LogP contribution in [0.1, 0.15) is 0 Å². The molecule has 2 rings (SSSR count). The van der Waals surface area contributed by atoms with Crippen molar-refractivity contribution in [3.63, 3.8) is 0 Å². The van der Waals surface area contributed by atoms with Gasteiger partial charge in [-0.3, -0.25) is 4.21 Å². The molecule has 0 bridgehead atoms. The predicted molar refractivity (Wildman–Crippen MR) is 69.4 cm³/mol. The third-order valence-electron chi connectivity index (χ3n) is 2.80. The smallest absolute Gasteiger partial charge is 0.0821 e. The summed E-state index contributed by atoms with van der Waals surface area (Å²) in [4.78, 5) is 2.98. The van der Waals surface area contributed by atoms with Crippen molar-refractivity contribution < 1.29 is 8.95 Å². The van der Waals surface area contributed by atoms with Crippen molar-refractivity contribution in [2.24, 2.45) is 0 Å². The minimum absolute atomic E-state index is 0.0519.